The van der Waals surface area contributed by atoms with Crippen LogP contribution in [0.25, 0.3) is 0 Å². The van der Waals surface area contributed by atoms with Crippen molar-refractivity contribution in [3.8, 4) is 11.5 Å². The Morgan fingerprint density at radius 2 is 2.00 bits per heavy atom. The molecule has 5 nitrogen and oxygen atoms in total. The highest BCUT2D eigenvalue weighted by molar-refractivity contribution is 5.77. The van der Waals surface area contributed by atoms with Crippen molar-refractivity contribution >= 4 is 5.91 Å². The first-order valence-corrected chi connectivity index (χ1v) is 7.38. The summed E-state index contributed by atoms with van der Waals surface area (Å²) >= 11 is 0. The SMILES string of the molecule is COc1cc(CN(C)CC(=O)NCC(C)C)ccc1OC(F)F. The van der Waals surface area contributed by atoms with Crippen LogP contribution in [0, 0.1) is 5.92 Å². The number of nitrogens with zero attached hydrogens (tertiary/aromatic N) is 1. The second-order valence-corrected chi connectivity index (χ2v) is 5.73. The first-order chi connectivity index (χ1) is 10.8. The number of methoxy groups -OCH3 is 1. The first-order valence-electron chi connectivity index (χ1n) is 7.38. The van der Waals surface area contributed by atoms with E-state index < -0.39 is 6.61 Å². The minimum absolute atomic E-state index is 0.0106. The molecule has 0 aliphatic rings. The van der Waals surface area contributed by atoms with Gasteiger partial charge in [0, 0.05) is 13.1 Å². The Hall–Kier alpha value is -1.89. The number of ether oxygens (including phenoxy) is 2. The van der Waals surface area contributed by atoms with E-state index in [0.29, 0.717) is 19.0 Å². The number of likely N-dealkylation sites (N-methyl/N-ethyl adjacent to an activating group) is 1. The number of rotatable bonds is 9. The molecule has 0 aliphatic carbocycles. The van der Waals surface area contributed by atoms with E-state index in [1.807, 2.05) is 25.8 Å². The lowest BCUT2D eigenvalue weighted by Crippen LogP contribution is -2.36. The van der Waals surface area contributed by atoms with Gasteiger partial charge in [-0.2, -0.15) is 8.78 Å². The van der Waals surface area contributed by atoms with Crippen LogP contribution in [-0.2, 0) is 11.3 Å². The van der Waals surface area contributed by atoms with Crippen molar-refractivity contribution in [1.82, 2.24) is 10.2 Å². The van der Waals surface area contributed by atoms with E-state index in [-0.39, 0.29) is 24.0 Å². The molecular weight excluding hydrogens is 306 g/mol. The molecule has 0 heterocycles. The zero-order valence-corrected chi connectivity index (χ0v) is 13.9. The predicted octanol–water partition coefficient (Wildman–Crippen LogP) is 2.50. The number of hydrogen-bond acceptors (Lipinski definition) is 4. The highest BCUT2D eigenvalue weighted by atomic mass is 19.3. The van der Waals surface area contributed by atoms with Crippen LogP contribution in [0.1, 0.15) is 19.4 Å². The lowest BCUT2D eigenvalue weighted by molar-refractivity contribution is -0.122. The van der Waals surface area contributed by atoms with Gasteiger partial charge in [0.1, 0.15) is 0 Å². The molecule has 0 unspecified atom stereocenters. The van der Waals surface area contributed by atoms with Crippen LogP contribution in [0.3, 0.4) is 0 Å². The summed E-state index contributed by atoms with van der Waals surface area (Å²) in [7, 11) is 3.20. The van der Waals surface area contributed by atoms with Crippen LogP contribution in [-0.4, -0.2) is 44.7 Å². The fraction of sp³-hybridized carbons (Fsp3) is 0.562. The summed E-state index contributed by atoms with van der Waals surface area (Å²) in [6, 6.07) is 4.73. The van der Waals surface area contributed by atoms with Crippen molar-refractivity contribution in [2.24, 2.45) is 5.92 Å². The Labute approximate surface area is 135 Å². The fourth-order valence-corrected chi connectivity index (χ4v) is 1.99. The number of nitrogens with one attached hydrogen (secondary N) is 1. The van der Waals surface area contributed by atoms with Gasteiger partial charge in [0.2, 0.25) is 5.91 Å². The zero-order valence-electron chi connectivity index (χ0n) is 13.9. The summed E-state index contributed by atoms with van der Waals surface area (Å²) in [6.45, 7) is 2.53. The Balaban J connectivity index is 2.60. The van der Waals surface area contributed by atoms with E-state index in [0.717, 1.165) is 5.56 Å². The fourth-order valence-electron chi connectivity index (χ4n) is 1.99. The molecule has 130 valence electrons. The van der Waals surface area contributed by atoms with Gasteiger partial charge in [0.25, 0.3) is 0 Å². The molecule has 0 aromatic heterocycles. The van der Waals surface area contributed by atoms with Gasteiger partial charge in [-0.05, 0) is 30.7 Å². The Morgan fingerprint density at radius 3 is 2.57 bits per heavy atom. The number of hydrogen-bond donors (Lipinski definition) is 1. The van der Waals surface area contributed by atoms with Crippen LogP contribution in [0.15, 0.2) is 18.2 Å². The quantitative estimate of drug-likeness (QED) is 0.756. The van der Waals surface area contributed by atoms with Gasteiger partial charge in [-0.25, -0.2) is 0 Å². The summed E-state index contributed by atoms with van der Waals surface area (Å²) < 4.78 is 34.0. The van der Waals surface area contributed by atoms with Gasteiger partial charge in [-0.1, -0.05) is 19.9 Å². The first kappa shape index (κ1) is 19.2. The predicted molar refractivity (Wildman–Crippen MR) is 83.8 cm³/mol. The van der Waals surface area contributed by atoms with Gasteiger partial charge < -0.3 is 14.8 Å². The van der Waals surface area contributed by atoms with Gasteiger partial charge in [-0.15, -0.1) is 0 Å². The minimum atomic E-state index is -2.90. The number of amides is 1. The monoisotopic (exact) mass is 330 g/mol. The molecule has 1 rings (SSSR count). The average molecular weight is 330 g/mol. The molecule has 0 atom stereocenters. The smallest absolute Gasteiger partial charge is 0.387 e. The van der Waals surface area contributed by atoms with Gasteiger partial charge in [0.15, 0.2) is 11.5 Å². The van der Waals surface area contributed by atoms with Crippen molar-refractivity contribution in [3.63, 3.8) is 0 Å². The van der Waals surface area contributed by atoms with E-state index in [1.165, 1.54) is 13.2 Å². The molecule has 0 saturated carbocycles. The molecule has 7 heteroatoms. The molecular formula is C16H24F2N2O3. The Morgan fingerprint density at radius 1 is 1.30 bits per heavy atom. The molecule has 0 bridgehead atoms. The molecule has 1 aromatic carbocycles. The molecule has 1 N–H and O–H groups in total. The third-order valence-corrected chi connectivity index (χ3v) is 3.02. The zero-order chi connectivity index (χ0) is 17.4. The second kappa shape index (κ2) is 9.29. The van der Waals surface area contributed by atoms with Crippen LogP contribution >= 0.6 is 0 Å². The topological polar surface area (TPSA) is 50.8 Å². The van der Waals surface area contributed by atoms with Crippen LogP contribution in [0.4, 0.5) is 8.78 Å². The second-order valence-electron chi connectivity index (χ2n) is 5.73. The highest BCUT2D eigenvalue weighted by Crippen LogP contribution is 2.29. The summed E-state index contributed by atoms with van der Waals surface area (Å²) in [5, 5.41) is 2.84. The lowest BCUT2D eigenvalue weighted by Gasteiger charge is -2.18. The summed E-state index contributed by atoms with van der Waals surface area (Å²) in [4.78, 5) is 13.6. The van der Waals surface area contributed by atoms with Crippen LogP contribution in [0.5, 0.6) is 11.5 Å². The van der Waals surface area contributed by atoms with Crippen molar-refractivity contribution in [3.05, 3.63) is 23.8 Å². The average Bonchev–Trinajstić information content (AvgIpc) is 2.46. The maximum absolute atomic E-state index is 12.3. The summed E-state index contributed by atoms with van der Waals surface area (Å²) in [5.41, 5.74) is 0.836. The van der Waals surface area contributed by atoms with E-state index in [2.05, 4.69) is 10.1 Å². The normalized spacial score (nSPS) is 11.2. The van der Waals surface area contributed by atoms with Gasteiger partial charge >= 0.3 is 6.61 Å². The minimum Gasteiger partial charge on any atom is -0.493 e. The van der Waals surface area contributed by atoms with Crippen LogP contribution in [0.2, 0.25) is 0 Å². The van der Waals surface area contributed by atoms with E-state index in [4.69, 9.17) is 4.74 Å². The van der Waals surface area contributed by atoms with Crippen molar-refractivity contribution in [2.75, 3.05) is 27.2 Å². The molecule has 23 heavy (non-hydrogen) atoms. The number of carbonyl (C=O) groups is 1. The number of alkyl halides is 2. The Bertz CT molecular complexity index is 510. The summed E-state index contributed by atoms with van der Waals surface area (Å²) in [5.74, 6) is 0.575. The molecule has 0 fully saturated rings. The van der Waals surface area contributed by atoms with Crippen LogP contribution < -0.4 is 14.8 Å². The van der Waals surface area contributed by atoms with Gasteiger partial charge in [-0.3, -0.25) is 9.69 Å². The third-order valence-electron chi connectivity index (χ3n) is 3.02. The number of benzene rings is 1. The molecule has 0 spiro atoms. The molecule has 0 radical (unpaired) electrons. The van der Waals surface area contributed by atoms with Crippen molar-refractivity contribution in [1.29, 1.82) is 0 Å². The van der Waals surface area contributed by atoms with Crippen molar-refractivity contribution < 1.29 is 23.0 Å². The number of halogens is 2. The standard InChI is InChI=1S/C16H24F2N2O3/c1-11(2)8-19-15(21)10-20(3)9-12-5-6-13(23-16(17)18)14(7-12)22-4/h5-7,11,16H,8-10H2,1-4H3,(H,19,21). The third kappa shape index (κ3) is 7.27. The van der Waals surface area contributed by atoms with E-state index >= 15 is 0 Å². The van der Waals surface area contributed by atoms with Gasteiger partial charge in [0.05, 0.1) is 13.7 Å². The maximum atomic E-state index is 12.3. The lowest BCUT2D eigenvalue weighted by atomic mass is 10.2. The molecule has 0 aliphatic heterocycles. The van der Waals surface area contributed by atoms with E-state index in [1.54, 1.807) is 12.1 Å². The largest absolute Gasteiger partial charge is 0.493 e. The van der Waals surface area contributed by atoms with E-state index in [9.17, 15) is 13.6 Å². The summed E-state index contributed by atoms with van der Waals surface area (Å²) in [6.07, 6.45) is 0. The highest BCUT2D eigenvalue weighted by Gasteiger charge is 2.13. The molecule has 1 aromatic rings. The molecule has 1 amide bonds. The Kier molecular flexibility index (Phi) is 7.74. The maximum Gasteiger partial charge on any atom is 0.387 e. The number of carbonyl (C=O) groups excluding carboxylic acids is 1. The van der Waals surface area contributed by atoms with Crippen molar-refractivity contribution in [2.45, 2.75) is 27.0 Å². The molecule has 0 saturated heterocycles.